The van der Waals surface area contributed by atoms with Crippen molar-refractivity contribution in [3.8, 4) is 0 Å². The highest BCUT2D eigenvalue weighted by molar-refractivity contribution is 7.89. The molecule has 0 aliphatic carbocycles. The summed E-state index contributed by atoms with van der Waals surface area (Å²) in [7, 11) is -3.60. The van der Waals surface area contributed by atoms with Gasteiger partial charge in [-0.15, -0.1) is 0 Å². The molecule has 1 saturated heterocycles. The molecule has 138 valence electrons. The van der Waals surface area contributed by atoms with Gasteiger partial charge in [0.15, 0.2) is 0 Å². The summed E-state index contributed by atoms with van der Waals surface area (Å²) in [6.45, 7) is 1.94. The van der Waals surface area contributed by atoms with Crippen LogP contribution in [0.4, 0.5) is 10.1 Å². The predicted molar refractivity (Wildman–Crippen MR) is 94.5 cm³/mol. The number of carbonyl (C=O) groups excluding carboxylic acids is 1. The number of benzene rings is 2. The molecular formula is C18H19FN2O4S. The van der Waals surface area contributed by atoms with E-state index >= 15 is 0 Å². The summed E-state index contributed by atoms with van der Waals surface area (Å²) in [6.07, 6.45) is -0.261. The van der Waals surface area contributed by atoms with E-state index in [9.17, 15) is 17.6 Å². The minimum Gasteiger partial charge on any atom is -0.371 e. The van der Waals surface area contributed by atoms with Crippen LogP contribution in [0.5, 0.6) is 0 Å². The molecule has 1 fully saturated rings. The molecule has 6 nitrogen and oxygen atoms in total. The lowest BCUT2D eigenvalue weighted by molar-refractivity contribution is -0.114. The highest BCUT2D eigenvalue weighted by atomic mass is 32.2. The Balaban J connectivity index is 1.55. The van der Waals surface area contributed by atoms with E-state index in [0.29, 0.717) is 11.3 Å². The second-order valence-electron chi connectivity index (χ2n) is 6.05. The van der Waals surface area contributed by atoms with E-state index in [0.717, 1.165) is 0 Å². The molecule has 0 bridgehead atoms. The number of hydrogen-bond donors (Lipinski definition) is 1. The summed E-state index contributed by atoms with van der Waals surface area (Å²) < 4.78 is 45.5. The van der Waals surface area contributed by atoms with Crippen molar-refractivity contribution in [2.45, 2.75) is 24.5 Å². The Bertz CT molecular complexity index is 894. The molecule has 2 aromatic carbocycles. The van der Waals surface area contributed by atoms with Crippen LogP contribution in [-0.4, -0.2) is 37.8 Å². The second kappa shape index (κ2) is 7.53. The maximum atomic E-state index is 13.5. The van der Waals surface area contributed by atoms with Crippen molar-refractivity contribution in [3.05, 3.63) is 59.9 Å². The molecule has 1 N–H and O–H groups in total. The molecule has 1 heterocycles. The fourth-order valence-electron chi connectivity index (χ4n) is 2.59. The molecule has 8 heteroatoms. The van der Waals surface area contributed by atoms with Crippen molar-refractivity contribution in [2.24, 2.45) is 0 Å². The van der Waals surface area contributed by atoms with Gasteiger partial charge in [0.2, 0.25) is 15.9 Å². The van der Waals surface area contributed by atoms with Crippen molar-refractivity contribution >= 4 is 21.6 Å². The normalized spacial score (nSPS) is 15.5. The lowest BCUT2D eigenvalue weighted by atomic mass is 10.2. The molecule has 26 heavy (non-hydrogen) atoms. The number of nitrogens with zero attached hydrogens (tertiary/aromatic N) is 1. The number of rotatable bonds is 6. The van der Waals surface area contributed by atoms with Gasteiger partial charge >= 0.3 is 0 Å². The summed E-state index contributed by atoms with van der Waals surface area (Å²) in [6, 6.07) is 12.3. The topological polar surface area (TPSA) is 75.7 Å². The molecular weight excluding hydrogens is 359 g/mol. The summed E-state index contributed by atoms with van der Waals surface area (Å²) >= 11 is 0. The smallest absolute Gasteiger partial charge is 0.243 e. The lowest BCUT2D eigenvalue weighted by Crippen LogP contribution is -2.54. The van der Waals surface area contributed by atoms with Crippen LogP contribution in [0.3, 0.4) is 0 Å². The number of carbonyl (C=O) groups is 1. The average Bonchev–Trinajstić information content (AvgIpc) is 2.55. The van der Waals surface area contributed by atoms with Gasteiger partial charge in [0.1, 0.15) is 5.82 Å². The molecule has 1 aliphatic heterocycles. The maximum Gasteiger partial charge on any atom is 0.243 e. The van der Waals surface area contributed by atoms with Crippen LogP contribution in [0, 0.1) is 5.82 Å². The first-order valence-corrected chi connectivity index (χ1v) is 9.53. The van der Waals surface area contributed by atoms with Crippen LogP contribution < -0.4 is 5.32 Å². The monoisotopic (exact) mass is 378 g/mol. The predicted octanol–water partition coefficient (Wildman–Crippen LogP) is 2.37. The zero-order valence-corrected chi connectivity index (χ0v) is 15.0. The van der Waals surface area contributed by atoms with Crippen LogP contribution in [0.25, 0.3) is 0 Å². The SMILES string of the molecule is CC(=O)Nc1ccc(S(=O)(=O)N2CC(OCc3ccccc3F)C2)cc1. The zero-order chi connectivity index (χ0) is 18.7. The molecule has 1 aliphatic rings. The van der Waals surface area contributed by atoms with Gasteiger partial charge in [0, 0.05) is 31.3 Å². The first kappa shape index (κ1) is 18.5. The number of amides is 1. The standard InChI is InChI=1S/C18H19FN2O4S/c1-13(22)20-15-6-8-17(9-7-15)26(23,24)21-10-16(11-21)25-12-14-4-2-3-5-18(14)19/h2-9,16H,10-12H2,1H3,(H,20,22). The van der Waals surface area contributed by atoms with Crippen molar-refractivity contribution < 1.29 is 22.3 Å². The first-order chi connectivity index (χ1) is 12.4. The third kappa shape index (κ3) is 4.09. The quantitative estimate of drug-likeness (QED) is 0.837. The first-order valence-electron chi connectivity index (χ1n) is 8.09. The number of anilines is 1. The highest BCUT2D eigenvalue weighted by Crippen LogP contribution is 2.25. The van der Waals surface area contributed by atoms with E-state index in [4.69, 9.17) is 4.74 Å². The Morgan fingerprint density at radius 1 is 1.19 bits per heavy atom. The van der Waals surface area contributed by atoms with E-state index in [1.807, 2.05) is 0 Å². The highest BCUT2D eigenvalue weighted by Gasteiger charge is 2.37. The molecule has 0 atom stereocenters. The van der Waals surface area contributed by atoms with Crippen LogP contribution >= 0.6 is 0 Å². The molecule has 2 aromatic rings. The average molecular weight is 378 g/mol. The van der Waals surface area contributed by atoms with Crippen molar-refractivity contribution in [2.75, 3.05) is 18.4 Å². The van der Waals surface area contributed by atoms with E-state index in [1.165, 1.54) is 29.4 Å². The molecule has 0 radical (unpaired) electrons. The summed E-state index contributed by atoms with van der Waals surface area (Å²) in [5.74, 6) is -0.561. The molecule has 3 rings (SSSR count). The van der Waals surface area contributed by atoms with Crippen LogP contribution in [0.15, 0.2) is 53.4 Å². The molecule has 0 spiro atoms. The Morgan fingerprint density at radius 2 is 1.85 bits per heavy atom. The van der Waals surface area contributed by atoms with Gasteiger partial charge in [-0.3, -0.25) is 4.79 Å². The number of sulfonamides is 1. The van der Waals surface area contributed by atoms with Gasteiger partial charge in [-0.1, -0.05) is 18.2 Å². The van der Waals surface area contributed by atoms with Gasteiger partial charge in [-0.25, -0.2) is 12.8 Å². The fraction of sp³-hybridized carbons (Fsp3) is 0.278. The van der Waals surface area contributed by atoms with Crippen LogP contribution in [0.1, 0.15) is 12.5 Å². The summed E-state index contributed by atoms with van der Waals surface area (Å²) in [5, 5.41) is 2.59. The van der Waals surface area contributed by atoms with Gasteiger partial charge in [0.05, 0.1) is 17.6 Å². The molecule has 0 saturated carbocycles. The van der Waals surface area contributed by atoms with Crippen molar-refractivity contribution in [3.63, 3.8) is 0 Å². The van der Waals surface area contributed by atoms with E-state index in [-0.39, 0.29) is 42.4 Å². The third-order valence-electron chi connectivity index (χ3n) is 4.06. The molecule has 0 unspecified atom stereocenters. The third-order valence-corrected chi connectivity index (χ3v) is 5.91. The van der Waals surface area contributed by atoms with Gasteiger partial charge in [0.25, 0.3) is 0 Å². The Kier molecular flexibility index (Phi) is 5.36. The van der Waals surface area contributed by atoms with E-state index in [1.54, 1.807) is 30.3 Å². The number of nitrogens with one attached hydrogen (secondary N) is 1. The Hall–Kier alpha value is -2.29. The molecule has 1 amide bonds. The largest absolute Gasteiger partial charge is 0.371 e. The minimum absolute atomic E-state index is 0.108. The minimum atomic E-state index is -3.60. The summed E-state index contributed by atoms with van der Waals surface area (Å²) in [4.78, 5) is 11.2. The van der Waals surface area contributed by atoms with Gasteiger partial charge < -0.3 is 10.1 Å². The second-order valence-corrected chi connectivity index (χ2v) is 7.99. The van der Waals surface area contributed by atoms with Crippen LogP contribution in [-0.2, 0) is 26.2 Å². The Labute approximate surface area is 151 Å². The number of hydrogen-bond acceptors (Lipinski definition) is 4. The number of ether oxygens (including phenoxy) is 1. The van der Waals surface area contributed by atoms with E-state index < -0.39 is 10.0 Å². The number of halogens is 1. The van der Waals surface area contributed by atoms with Gasteiger partial charge in [-0.2, -0.15) is 4.31 Å². The summed E-state index contributed by atoms with van der Waals surface area (Å²) in [5.41, 5.74) is 0.980. The van der Waals surface area contributed by atoms with E-state index in [2.05, 4.69) is 5.32 Å². The lowest BCUT2D eigenvalue weighted by Gasteiger charge is -2.37. The Morgan fingerprint density at radius 3 is 2.46 bits per heavy atom. The van der Waals surface area contributed by atoms with Gasteiger partial charge in [-0.05, 0) is 30.3 Å². The van der Waals surface area contributed by atoms with Crippen molar-refractivity contribution in [1.29, 1.82) is 0 Å². The molecule has 0 aromatic heterocycles. The maximum absolute atomic E-state index is 13.5. The van der Waals surface area contributed by atoms with Crippen molar-refractivity contribution in [1.82, 2.24) is 4.31 Å². The fourth-order valence-corrected chi connectivity index (χ4v) is 4.09. The van der Waals surface area contributed by atoms with Crippen LogP contribution in [0.2, 0.25) is 0 Å². The zero-order valence-electron chi connectivity index (χ0n) is 14.2.